The number of methoxy groups -OCH3 is 1. The summed E-state index contributed by atoms with van der Waals surface area (Å²) >= 11 is 1.46. The lowest BCUT2D eigenvalue weighted by Gasteiger charge is -2.27. The van der Waals surface area contributed by atoms with E-state index in [2.05, 4.69) is 10.4 Å². The van der Waals surface area contributed by atoms with Crippen LogP contribution in [0.4, 0.5) is 4.39 Å². The second-order valence-corrected chi connectivity index (χ2v) is 10.0. The first kappa shape index (κ1) is 26.9. The van der Waals surface area contributed by atoms with E-state index in [-0.39, 0.29) is 25.2 Å². The summed E-state index contributed by atoms with van der Waals surface area (Å²) in [4.78, 5) is 14.6. The number of aromatic nitrogens is 2. The van der Waals surface area contributed by atoms with Gasteiger partial charge in [-0.2, -0.15) is 5.10 Å². The highest BCUT2D eigenvalue weighted by molar-refractivity contribution is 7.13. The molecule has 1 N–H and O–H groups in total. The van der Waals surface area contributed by atoms with Crippen LogP contribution in [0.25, 0.3) is 16.6 Å². The van der Waals surface area contributed by atoms with Crippen LogP contribution in [0, 0.1) is 12.7 Å². The minimum Gasteiger partial charge on any atom is -0.497 e. The lowest BCUT2D eigenvalue weighted by Crippen LogP contribution is -2.39. The molecule has 0 aliphatic heterocycles. The normalized spacial score (nSPS) is 12.4. The fraction of sp³-hybridized carbons (Fsp3) is 0.200. The minimum absolute atomic E-state index is 0. The van der Waals surface area contributed by atoms with Crippen molar-refractivity contribution in [2.75, 3.05) is 7.11 Å². The van der Waals surface area contributed by atoms with Crippen molar-refractivity contribution in [2.24, 2.45) is 0 Å². The van der Waals surface area contributed by atoms with Crippen molar-refractivity contribution in [1.29, 1.82) is 0 Å². The highest BCUT2D eigenvalue weighted by Crippen LogP contribution is 2.30. The Hall–Kier alpha value is -4.17. The van der Waals surface area contributed by atoms with Gasteiger partial charge in [0.25, 0.3) is 5.91 Å². The highest BCUT2D eigenvalue weighted by atomic mass is 32.1. The maximum atomic E-state index is 13.4. The number of rotatable bonds is 8. The Bertz CT molecular complexity index is 1540. The number of fused-ring (bicyclic) bond motifs is 1. The van der Waals surface area contributed by atoms with Crippen LogP contribution in [-0.2, 0) is 0 Å². The molecule has 1 amide bonds. The molecular weight excluding hydrogens is 501 g/mol. The molecule has 0 unspecified atom stereocenters. The predicted octanol–water partition coefficient (Wildman–Crippen LogP) is 7.12. The van der Waals surface area contributed by atoms with Crippen molar-refractivity contribution in [3.05, 3.63) is 106 Å². The average Bonchev–Trinajstić information content (AvgIpc) is 3.54. The van der Waals surface area contributed by atoms with Crippen LogP contribution in [0.3, 0.4) is 0 Å². The van der Waals surface area contributed by atoms with E-state index < -0.39 is 6.10 Å². The van der Waals surface area contributed by atoms with Gasteiger partial charge in [-0.05, 0) is 86.1 Å². The maximum Gasteiger partial charge on any atom is 0.261 e. The van der Waals surface area contributed by atoms with E-state index in [1.807, 2.05) is 68.4 Å². The van der Waals surface area contributed by atoms with Gasteiger partial charge < -0.3 is 14.8 Å². The number of nitrogens with one attached hydrogen (secondary N) is 1. The first-order chi connectivity index (χ1) is 17.9. The molecule has 0 fully saturated rings. The Labute approximate surface area is 225 Å². The summed E-state index contributed by atoms with van der Waals surface area (Å²) in [5.74, 6) is 0.898. The van der Waals surface area contributed by atoms with E-state index in [4.69, 9.17) is 9.47 Å². The maximum absolute atomic E-state index is 13.4. The average molecular weight is 532 g/mol. The first-order valence-corrected chi connectivity index (χ1v) is 12.6. The molecule has 0 saturated heterocycles. The number of hydrogen-bond acceptors (Lipinski definition) is 5. The van der Waals surface area contributed by atoms with Crippen LogP contribution in [-0.4, -0.2) is 28.8 Å². The molecule has 6 nitrogen and oxygen atoms in total. The summed E-state index contributed by atoms with van der Waals surface area (Å²) < 4.78 is 27.0. The third kappa shape index (κ3) is 5.70. The summed E-state index contributed by atoms with van der Waals surface area (Å²) in [5.41, 5.74) is 2.50. The first-order valence-electron chi connectivity index (χ1n) is 11.8. The van der Waals surface area contributed by atoms with Crippen molar-refractivity contribution in [1.82, 2.24) is 15.1 Å². The van der Waals surface area contributed by atoms with Crippen LogP contribution in [0.1, 0.15) is 40.6 Å². The Morgan fingerprint density at radius 2 is 1.82 bits per heavy atom. The molecule has 0 bridgehead atoms. The Balaban J connectivity index is 0.00000336. The molecule has 5 aromatic rings. The number of amides is 1. The molecule has 0 spiro atoms. The van der Waals surface area contributed by atoms with Crippen LogP contribution in [0.5, 0.6) is 11.5 Å². The summed E-state index contributed by atoms with van der Waals surface area (Å²) in [6.45, 7) is 3.90. The lowest BCUT2D eigenvalue weighted by atomic mass is 10.0. The SMILES string of the molecule is C.COc1cccc([C@@H](Oc2ccc3c(cnn3-c3ccc(F)cc3)c2)[C@H](C)NC(=O)c2ccc(C)s2)c1. The van der Waals surface area contributed by atoms with E-state index in [0.717, 1.165) is 27.0 Å². The van der Waals surface area contributed by atoms with Gasteiger partial charge >= 0.3 is 0 Å². The molecule has 0 aliphatic rings. The number of thiophene rings is 1. The molecule has 2 atom stereocenters. The van der Waals surface area contributed by atoms with E-state index in [1.54, 1.807) is 30.1 Å². The number of carbonyl (C=O) groups is 1. The number of halogens is 1. The van der Waals surface area contributed by atoms with Crippen molar-refractivity contribution in [3.8, 4) is 17.2 Å². The monoisotopic (exact) mass is 531 g/mol. The van der Waals surface area contributed by atoms with E-state index in [0.29, 0.717) is 16.4 Å². The third-order valence-electron chi connectivity index (χ3n) is 6.07. The summed E-state index contributed by atoms with van der Waals surface area (Å²) in [5, 5.41) is 8.44. The zero-order valence-corrected chi connectivity index (χ0v) is 21.5. The van der Waals surface area contributed by atoms with E-state index in [1.165, 1.54) is 23.5 Å². The largest absolute Gasteiger partial charge is 0.497 e. The van der Waals surface area contributed by atoms with Gasteiger partial charge in [0, 0.05) is 10.3 Å². The third-order valence-corrected chi connectivity index (χ3v) is 7.07. The Morgan fingerprint density at radius 1 is 1.03 bits per heavy atom. The van der Waals surface area contributed by atoms with Crippen molar-refractivity contribution < 1.29 is 18.7 Å². The number of benzene rings is 3. The predicted molar refractivity (Wildman–Crippen MR) is 150 cm³/mol. The van der Waals surface area contributed by atoms with Gasteiger partial charge in [-0.15, -0.1) is 11.3 Å². The van der Waals surface area contributed by atoms with Crippen LogP contribution < -0.4 is 14.8 Å². The second kappa shape index (κ2) is 11.5. The van der Waals surface area contributed by atoms with Gasteiger partial charge in [-0.1, -0.05) is 19.6 Å². The molecule has 3 aromatic carbocycles. The molecule has 196 valence electrons. The molecule has 8 heteroatoms. The fourth-order valence-corrected chi connectivity index (χ4v) is 4.98. The quantitative estimate of drug-likeness (QED) is 0.232. The van der Waals surface area contributed by atoms with E-state index >= 15 is 0 Å². The van der Waals surface area contributed by atoms with E-state index in [9.17, 15) is 9.18 Å². The molecule has 38 heavy (non-hydrogen) atoms. The van der Waals surface area contributed by atoms with Crippen LogP contribution >= 0.6 is 11.3 Å². The van der Waals surface area contributed by atoms with Crippen molar-refractivity contribution in [2.45, 2.75) is 33.4 Å². The van der Waals surface area contributed by atoms with Gasteiger partial charge in [0.2, 0.25) is 0 Å². The molecule has 0 saturated carbocycles. The highest BCUT2D eigenvalue weighted by Gasteiger charge is 2.25. The van der Waals surface area contributed by atoms with Crippen LogP contribution in [0.2, 0.25) is 0 Å². The van der Waals surface area contributed by atoms with Gasteiger partial charge in [0.05, 0.1) is 35.4 Å². The summed E-state index contributed by atoms with van der Waals surface area (Å²) in [6, 6.07) is 22.9. The molecule has 0 aliphatic carbocycles. The number of carbonyl (C=O) groups excluding carboxylic acids is 1. The zero-order chi connectivity index (χ0) is 25.9. The number of aryl methyl sites for hydroxylation is 1. The van der Waals surface area contributed by atoms with Crippen molar-refractivity contribution >= 4 is 28.1 Å². The number of nitrogens with zero attached hydrogens (tertiary/aromatic N) is 2. The molecule has 5 rings (SSSR count). The Kier molecular flexibility index (Phi) is 8.12. The topological polar surface area (TPSA) is 65.4 Å². The van der Waals surface area contributed by atoms with Gasteiger partial charge in [-0.3, -0.25) is 4.79 Å². The second-order valence-electron chi connectivity index (χ2n) is 8.74. The number of ether oxygens (including phenoxy) is 2. The Morgan fingerprint density at radius 3 is 2.53 bits per heavy atom. The van der Waals surface area contributed by atoms with Crippen LogP contribution in [0.15, 0.2) is 85.1 Å². The molecule has 2 aromatic heterocycles. The standard InChI is InChI=1S/C29H26FN3O3S.CH4/c1-18-7-14-27(37-18)29(34)32-19(2)28(20-5-4-6-24(15-20)35-3)36-25-12-13-26-21(16-25)17-31-33(26)23-10-8-22(30)9-11-23;/h4-17,19,28H,1-3H3,(H,32,34);1H4/t19-,28-;/m0./s1. The summed E-state index contributed by atoms with van der Waals surface area (Å²) in [6.07, 6.45) is 1.26. The summed E-state index contributed by atoms with van der Waals surface area (Å²) in [7, 11) is 1.62. The zero-order valence-electron chi connectivity index (χ0n) is 20.6. The van der Waals surface area contributed by atoms with Gasteiger partial charge in [0.1, 0.15) is 23.4 Å². The molecular formula is C30H30FN3O3S. The van der Waals surface area contributed by atoms with Gasteiger partial charge in [0.15, 0.2) is 0 Å². The minimum atomic E-state index is -0.482. The molecule has 0 radical (unpaired) electrons. The molecule has 2 heterocycles. The fourth-order valence-electron chi connectivity index (χ4n) is 4.21. The lowest BCUT2D eigenvalue weighted by molar-refractivity contribution is 0.0886. The van der Waals surface area contributed by atoms with Gasteiger partial charge in [-0.25, -0.2) is 9.07 Å². The number of hydrogen-bond donors (Lipinski definition) is 1. The smallest absolute Gasteiger partial charge is 0.261 e. The van der Waals surface area contributed by atoms with Crippen molar-refractivity contribution in [3.63, 3.8) is 0 Å².